The number of carbonyl (C=O) groups is 1. The highest BCUT2D eigenvalue weighted by Gasteiger charge is 2.22. The van der Waals surface area contributed by atoms with Gasteiger partial charge in [0.15, 0.2) is 0 Å². The number of carbonyl (C=O) groups excluding carboxylic acids is 1. The second-order valence-corrected chi connectivity index (χ2v) is 7.20. The van der Waals surface area contributed by atoms with E-state index in [0.717, 1.165) is 10.6 Å². The summed E-state index contributed by atoms with van der Waals surface area (Å²) >= 11 is 7.19. The van der Waals surface area contributed by atoms with Gasteiger partial charge in [-0.1, -0.05) is 35.5 Å². The molecule has 0 aliphatic carbocycles. The first-order valence-corrected chi connectivity index (χ1v) is 9.05. The molecule has 0 atom stereocenters. The number of rotatable bonds is 3. The fourth-order valence-electron chi connectivity index (χ4n) is 2.67. The van der Waals surface area contributed by atoms with E-state index < -0.39 is 4.92 Å². The fraction of sp³-hybridized carbons (Fsp3) is 0. The Morgan fingerprint density at radius 3 is 2.78 bits per heavy atom. The molecule has 6 nitrogen and oxygen atoms in total. The highest BCUT2D eigenvalue weighted by Crippen LogP contribution is 2.39. The summed E-state index contributed by atoms with van der Waals surface area (Å²) in [5.41, 5.74) is 0.941. The number of benzene rings is 2. The Morgan fingerprint density at radius 1 is 1.15 bits per heavy atom. The number of amides is 1. The Bertz CT molecular complexity index is 1110. The number of furan rings is 1. The van der Waals surface area contributed by atoms with Crippen molar-refractivity contribution in [2.45, 2.75) is 4.90 Å². The Labute approximate surface area is 163 Å². The third-order valence-electron chi connectivity index (χ3n) is 3.90. The minimum atomic E-state index is -0.511. The molecule has 1 aliphatic heterocycles. The predicted molar refractivity (Wildman–Crippen MR) is 105 cm³/mol. The molecular formula is C19H11ClN2O4S. The molecule has 1 aliphatic rings. The molecule has 134 valence electrons. The molecule has 27 heavy (non-hydrogen) atoms. The summed E-state index contributed by atoms with van der Waals surface area (Å²) in [5.74, 6) is 0.521. The number of anilines is 1. The number of nitro benzene ring substituents is 1. The molecule has 4 rings (SSSR count). The van der Waals surface area contributed by atoms with E-state index in [1.807, 2.05) is 24.3 Å². The zero-order chi connectivity index (χ0) is 19.0. The number of nitro groups is 1. The second kappa shape index (κ2) is 6.94. The van der Waals surface area contributed by atoms with E-state index in [9.17, 15) is 14.9 Å². The first kappa shape index (κ1) is 17.4. The van der Waals surface area contributed by atoms with Crippen molar-refractivity contribution in [3.63, 3.8) is 0 Å². The van der Waals surface area contributed by atoms with Crippen LogP contribution in [-0.4, -0.2) is 10.8 Å². The van der Waals surface area contributed by atoms with Crippen molar-refractivity contribution < 1.29 is 14.1 Å². The lowest BCUT2D eigenvalue weighted by molar-refractivity contribution is -0.384. The standard InChI is InChI=1S/C19H11ClN2O4S/c20-11-5-7-13(15(9-11)22(24)25)16-8-6-12(26-16)10-18-19(23)21-14-3-1-2-4-17(14)27-18/h1-10H,(H,21,23)/b18-10-. The molecular weight excluding hydrogens is 388 g/mol. The van der Waals surface area contributed by atoms with Crippen molar-refractivity contribution in [1.82, 2.24) is 0 Å². The van der Waals surface area contributed by atoms with Gasteiger partial charge in [-0.2, -0.15) is 0 Å². The van der Waals surface area contributed by atoms with Gasteiger partial charge in [-0.3, -0.25) is 14.9 Å². The third kappa shape index (κ3) is 3.47. The fourth-order valence-corrected chi connectivity index (χ4v) is 3.77. The Morgan fingerprint density at radius 2 is 1.96 bits per heavy atom. The minimum absolute atomic E-state index is 0.144. The molecule has 1 amide bonds. The second-order valence-electron chi connectivity index (χ2n) is 5.68. The Hall–Kier alpha value is -3.03. The molecule has 8 heteroatoms. The van der Waals surface area contributed by atoms with Crippen molar-refractivity contribution in [3.8, 4) is 11.3 Å². The Kier molecular flexibility index (Phi) is 4.47. The quantitative estimate of drug-likeness (QED) is 0.353. The van der Waals surface area contributed by atoms with Crippen LogP contribution in [0, 0.1) is 10.1 Å². The summed E-state index contributed by atoms with van der Waals surface area (Å²) in [6, 6.07) is 15.2. The van der Waals surface area contributed by atoms with Crippen LogP contribution in [0.2, 0.25) is 5.02 Å². The summed E-state index contributed by atoms with van der Waals surface area (Å²) in [6.45, 7) is 0. The number of para-hydroxylation sites is 1. The van der Waals surface area contributed by atoms with Crippen molar-refractivity contribution in [1.29, 1.82) is 0 Å². The van der Waals surface area contributed by atoms with Crippen LogP contribution in [0.15, 0.2) is 68.8 Å². The number of nitrogens with zero attached hydrogens (tertiary/aromatic N) is 1. The van der Waals surface area contributed by atoms with Gasteiger partial charge in [0, 0.05) is 22.1 Å². The smallest absolute Gasteiger partial charge is 0.281 e. The summed E-state index contributed by atoms with van der Waals surface area (Å²) in [5, 5.41) is 14.4. The van der Waals surface area contributed by atoms with Gasteiger partial charge in [-0.15, -0.1) is 0 Å². The van der Waals surface area contributed by atoms with E-state index in [1.54, 1.807) is 24.3 Å². The Balaban J connectivity index is 1.67. The van der Waals surface area contributed by atoms with Crippen LogP contribution in [0.1, 0.15) is 5.76 Å². The number of hydrogen-bond acceptors (Lipinski definition) is 5. The van der Waals surface area contributed by atoms with Gasteiger partial charge in [0.05, 0.1) is 21.1 Å². The SMILES string of the molecule is O=C1Nc2ccccc2S/C1=C\c1ccc(-c2ccc(Cl)cc2[N+](=O)[O-])o1. The zero-order valence-corrected chi connectivity index (χ0v) is 15.2. The molecule has 0 radical (unpaired) electrons. The van der Waals surface area contributed by atoms with Crippen LogP contribution in [0.3, 0.4) is 0 Å². The number of fused-ring (bicyclic) bond motifs is 1. The molecule has 1 N–H and O–H groups in total. The molecule has 0 spiro atoms. The first-order valence-electron chi connectivity index (χ1n) is 7.85. The summed E-state index contributed by atoms with van der Waals surface area (Å²) in [6.07, 6.45) is 1.61. The van der Waals surface area contributed by atoms with Crippen molar-refractivity contribution in [2.75, 3.05) is 5.32 Å². The first-order chi connectivity index (χ1) is 13.0. The number of hydrogen-bond donors (Lipinski definition) is 1. The van der Waals surface area contributed by atoms with Crippen LogP contribution in [0.5, 0.6) is 0 Å². The van der Waals surface area contributed by atoms with Gasteiger partial charge in [0.1, 0.15) is 11.5 Å². The average molecular weight is 399 g/mol. The molecule has 3 aromatic rings. The van der Waals surface area contributed by atoms with Crippen LogP contribution >= 0.6 is 23.4 Å². The highest BCUT2D eigenvalue weighted by molar-refractivity contribution is 8.04. The summed E-state index contributed by atoms with van der Waals surface area (Å²) < 4.78 is 5.72. The number of nitrogens with one attached hydrogen (secondary N) is 1. The zero-order valence-electron chi connectivity index (χ0n) is 13.6. The average Bonchev–Trinajstić information content (AvgIpc) is 3.10. The van der Waals surface area contributed by atoms with Gasteiger partial charge in [0.25, 0.3) is 11.6 Å². The lowest BCUT2D eigenvalue weighted by atomic mass is 10.1. The molecule has 2 heterocycles. The van der Waals surface area contributed by atoms with Crippen molar-refractivity contribution >= 4 is 46.7 Å². The normalized spacial score (nSPS) is 14.7. The van der Waals surface area contributed by atoms with E-state index in [0.29, 0.717) is 22.0 Å². The summed E-state index contributed by atoms with van der Waals surface area (Å²) in [4.78, 5) is 24.4. The third-order valence-corrected chi connectivity index (χ3v) is 5.24. The number of thioether (sulfide) groups is 1. The highest BCUT2D eigenvalue weighted by atomic mass is 35.5. The molecule has 1 aromatic heterocycles. The van der Waals surface area contributed by atoms with Crippen LogP contribution in [-0.2, 0) is 4.79 Å². The van der Waals surface area contributed by atoms with Crippen LogP contribution in [0.4, 0.5) is 11.4 Å². The molecule has 0 fully saturated rings. The van der Waals surface area contributed by atoms with Gasteiger partial charge in [0.2, 0.25) is 0 Å². The molecule has 0 unspecified atom stereocenters. The van der Waals surface area contributed by atoms with Gasteiger partial charge >= 0.3 is 0 Å². The van der Waals surface area contributed by atoms with E-state index >= 15 is 0 Å². The largest absolute Gasteiger partial charge is 0.456 e. The maximum atomic E-state index is 12.3. The molecule has 0 bridgehead atoms. The number of halogens is 1. The van der Waals surface area contributed by atoms with Crippen molar-refractivity contribution in [2.24, 2.45) is 0 Å². The summed E-state index contributed by atoms with van der Waals surface area (Å²) in [7, 11) is 0. The van der Waals surface area contributed by atoms with E-state index in [1.165, 1.54) is 23.9 Å². The lowest BCUT2D eigenvalue weighted by Gasteiger charge is -2.17. The van der Waals surface area contributed by atoms with Gasteiger partial charge < -0.3 is 9.73 Å². The monoisotopic (exact) mass is 398 g/mol. The molecule has 0 saturated heterocycles. The van der Waals surface area contributed by atoms with E-state index in [4.69, 9.17) is 16.0 Å². The minimum Gasteiger partial charge on any atom is -0.456 e. The topological polar surface area (TPSA) is 85.4 Å². The van der Waals surface area contributed by atoms with Crippen molar-refractivity contribution in [3.05, 3.63) is 80.4 Å². The molecule has 2 aromatic carbocycles. The predicted octanol–water partition coefficient (Wildman–Crippen LogP) is 5.59. The maximum Gasteiger partial charge on any atom is 0.281 e. The molecule has 0 saturated carbocycles. The maximum absolute atomic E-state index is 12.3. The van der Waals surface area contributed by atoms with Gasteiger partial charge in [-0.25, -0.2) is 0 Å². The van der Waals surface area contributed by atoms with E-state index in [-0.39, 0.29) is 16.6 Å². The lowest BCUT2D eigenvalue weighted by Crippen LogP contribution is -2.16. The van der Waals surface area contributed by atoms with Gasteiger partial charge in [-0.05, 0) is 36.4 Å². The van der Waals surface area contributed by atoms with Crippen LogP contribution in [0.25, 0.3) is 17.4 Å². The van der Waals surface area contributed by atoms with Crippen LogP contribution < -0.4 is 5.32 Å². The van der Waals surface area contributed by atoms with E-state index in [2.05, 4.69) is 5.32 Å².